The van der Waals surface area contributed by atoms with Gasteiger partial charge in [-0.25, -0.2) is 0 Å². The van der Waals surface area contributed by atoms with E-state index in [-0.39, 0.29) is 24.1 Å². The van der Waals surface area contributed by atoms with Crippen LogP contribution in [0.5, 0.6) is 0 Å². The molecule has 0 radical (unpaired) electrons. The molecule has 5 heteroatoms. The Hall–Kier alpha value is -1.88. The van der Waals surface area contributed by atoms with Crippen molar-refractivity contribution in [1.29, 1.82) is 0 Å². The Morgan fingerprint density at radius 1 is 1.13 bits per heavy atom. The minimum absolute atomic E-state index is 0.0986. The summed E-state index contributed by atoms with van der Waals surface area (Å²) in [5.74, 6) is -0.501. The van der Waals surface area contributed by atoms with Crippen LogP contribution in [0.1, 0.15) is 38.7 Å². The summed E-state index contributed by atoms with van der Waals surface area (Å²) < 4.78 is 10.7. The number of ether oxygens (including phenoxy) is 2. The lowest BCUT2D eigenvalue weighted by Crippen LogP contribution is -2.41. The molecule has 0 amide bonds. The van der Waals surface area contributed by atoms with Gasteiger partial charge in [-0.3, -0.25) is 14.5 Å². The molecular weight excluding hydrogens is 294 g/mol. The Morgan fingerprint density at radius 2 is 1.87 bits per heavy atom. The SMILES string of the molecule is CC(=O)OC[C@H]1CCC[C@@H](OC(C)=O)CN1Cc1ccccc1. The van der Waals surface area contributed by atoms with Gasteiger partial charge in [0.25, 0.3) is 0 Å². The second-order valence-electron chi connectivity index (χ2n) is 6.03. The van der Waals surface area contributed by atoms with Crippen LogP contribution in [0.2, 0.25) is 0 Å². The third kappa shape index (κ3) is 6.02. The van der Waals surface area contributed by atoms with Gasteiger partial charge in [-0.05, 0) is 24.8 Å². The fourth-order valence-corrected chi connectivity index (χ4v) is 3.01. The number of likely N-dealkylation sites (tertiary alicyclic amines) is 1. The number of esters is 2. The van der Waals surface area contributed by atoms with Gasteiger partial charge in [0.05, 0.1) is 0 Å². The van der Waals surface area contributed by atoms with Crippen LogP contribution < -0.4 is 0 Å². The first-order valence-electron chi connectivity index (χ1n) is 8.13. The molecule has 0 saturated carbocycles. The van der Waals surface area contributed by atoms with Gasteiger partial charge in [0.2, 0.25) is 0 Å². The normalized spacial score (nSPS) is 22.2. The summed E-state index contributed by atoms with van der Waals surface area (Å²) in [5, 5.41) is 0. The largest absolute Gasteiger partial charge is 0.464 e. The molecular formula is C18H25NO4. The molecule has 1 aliphatic heterocycles. The van der Waals surface area contributed by atoms with E-state index >= 15 is 0 Å². The molecule has 0 aliphatic carbocycles. The van der Waals surface area contributed by atoms with Gasteiger partial charge >= 0.3 is 11.9 Å². The van der Waals surface area contributed by atoms with Gasteiger partial charge in [0, 0.05) is 33.0 Å². The number of hydrogen-bond donors (Lipinski definition) is 0. The molecule has 2 rings (SSSR count). The quantitative estimate of drug-likeness (QED) is 0.781. The van der Waals surface area contributed by atoms with Crippen LogP contribution in [-0.4, -0.2) is 42.1 Å². The first kappa shape index (κ1) is 17.5. The lowest BCUT2D eigenvalue weighted by molar-refractivity contribution is -0.147. The number of benzene rings is 1. The molecule has 1 aliphatic rings. The summed E-state index contributed by atoms with van der Waals surface area (Å²) in [5.41, 5.74) is 1.20. The Morgan fingerprint density at radius 3 is 2.52 bits per heavy atom. The van der Waals surface area contributed by atoms with Crippen molar-refractivity contribution in [1.82, 2.24) is 4.90 Å². The van der Waals surface area contributed by atoms with E-state index in [1.165, 1.54) is 19.4 Å². The van der Waals surface area contributed by atoms with Crippen molar-refractivity contribution in [2.45, 2.75) is 51.8 Å². The molecule has 0 aromatic heterocycles. The average Bonchev–Trinajstić information content (AvgIpc) is 2.67. The van der Waals surface area contributed by atoms with Crippen molar-refractivity contribution in [3.63, 3.8) is 0 Å². The molecule has 1 heterocycles. The van der Waals surface area contributed by atoms with Gasteiger partial charge < -0.3 is 9.47 Å². The third-order valence-electron chi connectivity index (χ3n) is 4.06. The average molecular weight is 319 g/mol. The van der Waals surface area contributed by atoms with E-state index in [0.29, 0.717) is 13.2 Å². The maximum Gasteiger partial charge on any atom is 0.302 e. The molecule has 1 aromatic carbocycles. The molecule has 0 bridgehead atoms. The lowest BCUT2D eigenvalue weighted by Gasteiger charge is -2.31. The highest BCUT2D eigenvalue weighted by molar-refractivity contribution is 5.66. The number of nitrogens with zero attached hydrogens (tertiary/aromatic N) is 1. The zero-order valence-corrected chi connectivity index (χ0v) is 13.9. The maximum atomic E-state index is 11.3. The van der Waals surface area contributed by atoms with Crippen LogP contribution in [0.15, 0.2) is 30.3 Å². The van der Waals surface area contributed by atoms with E-state index in [1.807, 2.05) is 18.2 Å². The molecule has 1 fully saturated rings. The van der Waals surface area contributed by atoms with Crippen molar-refractivity contribution in [2.24, 2.45) is 0 Å². The zero-order chi connectivity index (χ0) is 16.7. The monoisotopic (exact) mass is 319 g/mol. The van der Waals surface area contributed by atoms with E-state index in [9.17, 15) is 9.59 Å². The summed E-state index contributed by atoms with van der Waals surface area (Å²) in [4.78, 5) is 24.7. The van der Waals surface area contributed by atoms with Crippen LogP contribution in [0, 0.1) is 0 Å². The third-order valence-corrected chi connectivity index (χ3v) is 4.06. The van der Waals surface area contributed by atoms with Crippen LogP contribution in [0.25, 0.3) is 0 Å². The number of rotatable bonds is 5. The molecule has 2 atom stereocenters. The highest BCUT2D eigenvalue weighted by Crippen LogP contribution is 2.22. The Kier molecular flexibility index (Phi) is 6.59. The van der Waals surface area contributed by atoms with Crippen molar-refractivity contribution in [2.75, 3.05) is 13.2 Å². The maximum absolute atomic E-state index is 11.3. The second-order valence-corrected chi connectivity index (χ2v) is 6.03. The minimum Gasteiger partial charge on any atom is -0.464 e. The lowest BCUT2D eigenvalue weighted by atomic mass is 10.1. The van der Waals surface area contributed by atoms with Crippen molar-refractivity contribution in [3.8, 4) is 0 Å². The summed E-state index contributed by atoms with van der Waals surface area (Å²) in [6, 6.07) is 10.3. The second kappa shape index (κ2) is 8.67. The summed E-state index contributed by atoms with van der Waals surface area (Å²) in [6.07, 6.45) is 2.63. The molecule has 126 valence electrons. The molecule has 0 unspecified atom stereocenters. The first-order valence-corrected chi connectivity index (χ1v) is 8.13. The fourth-order valence-electron chi connectivity index (χ4n) is 3.01. The highest BCUT2D eigenvalue weighted by atomic mass is 16.5. The topological polar surface area (TPSA) is 55.8 Å². The predicted molar refractivity (Wildman–Crippen MR) is 86.7 cm³/mol. The van der Waals surface area contributed by atoms with Gasteiger partial charge in [0.15, 0.2) is 0 Å². The van der Waals surface area contributed by atoms with Gasteiger partial charge in [0.1, 0.15) is 12.7 Å². The van der Waals surface area contributed by atoms with Gasteiger partial charge in [-0.2, -0.15) is 0 Å². The molecule has 0 spiro atoms. The number of carbonyl (C=O) groups excluding carboxylic acids is 2. The van der Waals surface area contributed by atoms with E-state index in [4.69, 9.17) is 9.47 Å². The van der Waals surface area contributed by atoms with Crippen molar-refractivity contribution < 1.29 is 19.1 Å². The first-order chi connectivity index (χ1) is 11.0. The highest BCUT2D eigenvalue weighted by Gasteiger charge is 2.28. The Bertz CT molecular complexity index is 517. The fraction of sp³-hybridized carbons (Fsp3) is 0.556. The smallest absolute Gasteiger partial charge is 0.302 e. The Balaban J connectivity index is 2.08. The number of hydrogen-bond acceptors (Lipinski definition) is 5. The zero-order valence-electron chi connectivity index (χ0n) is 13.9. The summed E-state index contributed by atoms with van der Waals surface area (Å²) in [7, 11) is 0. The molecule has 5 nitrogen and oxygen atoms in total. The molecule has 1 saturated heterocycles. The van der Waals surface area contributed by atoms with Crippen molar-refractivity contribution >= 4 is 11.9 Å². The van der Waals surface area contributed by atoms with Crippen molar-refractivity contribution in [3.05, 3.63) is 35.9 Å². The van der Waals surface area contributed by atoms with Gasteiger partial charge in [-0.15, -0.1) is 0 Å². The van der Waals surface area contributed by atoms with E-state index < -0.39 is 0 Å². The van der Waals surface area contributed by atoms with Crippen LogP contribution in [0.4, 0.5) is 0 Å². The standard InChI is InChI=1S/C18H25NO4/c1-14(20)22-13-17-9-6-10-18(23-15(2)21)12-19(17)11-16-7-4-3-5-8-16/h3-5,7-8,17-18H,6,9-13H2,1-2H3/t17-,18-/m1/s1. The van der Waals surface area contributed by atoms with Crippen LogP contribution >= 0.6 is 0 Å². The van der Waals surface area contributed by atoms with E-state index in [0.717, 1.165) is 25.8 Å². The summed E-state index contributed by atoms with van der Waals surface area (Å²) in [6.45, 7) is 4.68. The van der Waals surface area contributed by atoms with Crippen LogP contribution in [0.3, 0.4) is 0 Å². The van der Waals surface area contributed by atoms with E-state index in [2.05, 4.69) is 17.0 Å². The molecule has 0 N–H and O–H groups in total. The summed E-state index contributed by atoms with van der Waals surface area (Å²) >= 11 is 0. The minimum atomic E-state index is -0.259. The van der Waals surface area contributed by atoms with Crippen LogP contribution in [-0.2, 0) is 25.6 Å². The number of carbonyl (C=O) groups is 2. The van der Waals surface area contributed by atoms with E-state index in [1.54, 1.807) is 0 Å². The molecule has 1 aromatic rings. The predicted octanol–water partition coefficient (Wildman–Crippen LogP) is 2.54. The molecule has 23 heavy (non-hydrogen) atoms. The Labute approximate surface area is 137 Å². The van der Waals surface area contributed by atoms with Gasteiger partial charge in [-0.1, -0.05) is 30.3 Å².